The van der Waals surface area contributed by atoms with Crippen molar-refractivity contribution >= 4 is 5.69 Å². The van der Waals surface area contributed by atoms with Gasteiger partial charge >= 0.3 is 6.18 Å². The van der Waals surface area contributed by atoms with Gasteiger partial charge in [-0.15, -0.1) is 0 Å². The zero-order chi connectivity index (χ0) is 13.8. The van der Waals surface area contributed by atoms with Crippen LogP contribution in [0.4, 0.5) is 18.9 Å². The topological polar surface area (TPSA) is 35.2 Å². The van der Waals surface area contributed by atoms with Crippen LogP contribution in [0.2, 0.25) is 0 Å². The van der Waals surface area contributed by atoms with Gasteiger partial charge in [0.25, 0.3) is 0 Å². The summed E-state index contributed by atoms with van der Waals surface area (Å²) >= 11 is 0. The molecule has 1 aromatic carbocycles. The van der Waals surface area contributed by atoms with E-state index in [0.29, 0.717) is 12.5 Å². The average molecular weight is 261 g/mol. The van der Waals surface area contributed by atoms with Crippen molar-refractivity contribution < 1.29 is 17.9 Å². The summed E-state index contributed by atoms with van der Waals surface area (Å²) in [5.41, 5.74) is 4.17. The molecule has 0 aliphatic heterocycles. The molecule has 18 heavy (non-hydrogen) atoms. The monoisotopic (exact) mass is 261 g/mol. The van der Waals surface area contributed by atoms with E-state index in [1.54, 1.807) is 0 Å². The Kier molecular flexibility index (Phi) is 4.87. The van der Waals surface area contributed by atoms with Gasteiger partial charge in [0.2, 0.25) is 0 Å². The zero-order valence-corrected chi connectivity index (χ0v) is 10.6. The van der Waals surface area contributed by atoms with Crippen molar-refractivity contribution in [2.24, 2.45) is 5.92 Å². The Balaban J connectivity index is 2.63. The fourth-order valence-corrected chi connectivity index (χ4v) is 1.55. The van der Waals surface area contributed by atoms with Crippen LogP contribution in [0.1, 0.15) is 32.3 Å². The number of rotatable bonds is 5. The van der Waals surface area contributed by atoms with Gasteiger partial charge in [-0.25, -0.2) is 0 Å². The predicted molar refractivity (Wildman–Crippen MR) is 65.4 cm³/mol. The second-order valence-corrected chi connectivity index (χ2v) is 4.63. The molecule has 0 amide bonds. The molecule has 0 radical (unpaired) electrons. The van der Waals surface area contributed by atoms with Crippen LogP contribution in [0.3, 0.4) is 0 Å². The molecule has 0 atom stereocenters. The lowest BCUT2D eigenvalue weighted by molar-refractivity contribution is -0.137. The summed E-state index contributed by atoms with van der Waals surface area (Å²) in [6.45, 7) is 4.59. The van der Waals surface area contributed by atoms with Crippen molar-refractivity contribution in [2.45, 2.75) is 32.9 Å². The van der Waals surface area contributed by atoms with Crippen molar-refractivity contribution in [2.75, 3.05) is 12.3 Å². The molecule has 5 heteroatoms. The highest BCUT2D eigenvalue weighted by Gasteiger charge is 2.33. The number of hydrogen-bond donors (Lipinski definition) is 1. The Bertz CT molecular complexity index is 388. The van der Waals surface area contributed by atoms with Gasteiger partial charge in [0.1, 0.15) is 5.75 Å². The third kappa shape index (κ3) is 4.47. The molecule has 102 valence electrons. The van der Waals surface area contributed by atoms with E-state index < -0.39 is 11.7 Å². The molecule has 0 unspecified atom stereocenters. The number of halogens is 3. The highest BCUT2D eigenvalue weighted by atomic mass is 19.4. The molecule has 0 bridgehead atoms. The zero-order valence-electron chi connectivity index (χ0n) is 10.6. The third-order valence-electron chi connectivity index (χ3n) is 2.52. The minimum absolute atomic E-state index is 0.209. The van der Waals surface area contributed by atoms with Gasteiger partial charge in [0.05, 0.1) is 12.2 Å². The van der Waals surface area contributed by atoms with Crippen LogP contribution in [0.5, 0.6) is 5.75 Å². The van der Waals surface area contributed by atoms with Crippen molar-refractivity contribution in [3.8, 4) is 5.75 Å². The molecule has 2 nitrogen and oxygen atoms in total. The van der Waals surface area contributed by atoms with Gasteiger partial charge in [-0.2, -0.15) is 13.2 Å². The SMILES string of the molecule is CC(C)CCCOc1ccc(N)c(C(F)(F)F)c1. The van der Waals surface area contributed by atoms with Gasteiger partial charge in [0, 0.05) is 5.69 Å². The lowest BCUT2D eigenvalue weighted by Crippen LogP contribution is -2.09. The van der Waals surface area contributed by atoms with Gasteiger partial charge in [-0.1, -0.05) is 13.8 Å². The van der Waals surface area contributed by atoms with Crippen molar-refractivity contribution in [1.82, 2.24) is 0 Å². The summed E-state index contributed by atoms with van der Waals surface area (Å²) < 4.78 is 43.1. The summed E-state index contributed by atoms with van der Waals surface area (Å²) in [6, 6.07) is 3.63. The number of nitrogen functional groups attached to an aromatic ring is 1. The number of alkyl halides is 3. The summed E-state index contributed by atoms with van der Waals surface area (Å²) in [5, 5.41) is 0. The Hall–Kier alpha value is -1.39. The minimum Gasteiger partial charge on any atom is -0.494 e. The predicted octanol–water partition coefficient (Wildman–Crippen LogP) is 4.10. The number of anilines is 1. The number of nitrogens with two attached hydrogens (primary N) is 1. The number of benzene rings is 1. The molecule has 0 aromatic heterocycles. The molecule has 1 aromatic rings. The maximum atomic E-state index is 12.6. The van der Waals surface area contributed by atoms with E-state index in [1.807, 2.05) is 0 Å². The summed E-state index contributed by atoms with van der Waals surface area (Å²) in [6.07, 6.45) is -2.63. The van der Waals surface area contributed by atoms with E-state index in [-0.39, 0.29) is 11.4 Å². The van der Waals surface area contributed by atoms with Crippen molar-refractivity contribution in [1.29, 1.82) is 0 Å². The second-order valence-electron chi connectivity index (χ2n) is 4.63. The first kappa shape index (κ1) is 14.7. The summed E-state index contributed by atoms with van der Waals surface area (Å²) in [4.78, 5) is 0. The molecule has 0 aliphatic rings. The van der Waals surface area contributed by atoms with Gasteiger partial charge < -0.3 is 10.5 Å². The Morgan fingerprint density at radius 3 is 2.50 bits per heavy atom. The fourth-order valence-electron chi connectivity index (χ4n) is 1.55. The molecular weight excluding hydrogens is 243 g/mol. The highest BCUT2D eigenvalue weighted by Crippen LogP contribution is 2.35. The van der Waals surface area contributed by atoms with Crippen LogP contribution in [-0.4, -0.2) is 6.61 Å². The van der Waals surface area contributed by atoms with E-state index in [2.05, 4.69) is 13.8 Å². The standard InChI is InChI=1S/C13H18F3NO/c1-9(2)4-3-7-18-10-5-6-12(17)11(8-10)13(14,15)16/h5-6,8-9H,3-4,7,17H2,1-2H3. The van der Waals surface area contributed by atoms with Crippen LogP contribution >= 0.6 is 0 Å². The van der Waals surface area contributed by atoms with E-state index in [9.17, 15) is 13.2 Å². The molecule has 0 aliphatic carbocycles. The molecular formula is C13H18F3NO. The van der Waals surface area contributed by atoms with Crippen LogP contribution < -0.4 is 10.5 Å². The van der Waals surface area contributed by atoms with E-state index in [1.165, 1.54) is 12.1 Å². The third-order valence-corrected chi connectivity index (χ3v) is 2.52. The van der Waals surface area contributed by atoms with Crippen LogP contribution in [0, 0.1) is 5.92 Å². The average Bonchev–Trinajstić information content (AvgIpc) is 2.24. The Morgan fingerprint density at radius 1 is 1.28 bits per heavy atom. The normalized spacial score (nSPS) is 11.9. The van der Waals surface area contributed by atoms with Gasteiger partial charge in [-0.3, -0.25) is 0 Å². The molecule has 0 saturated heterocycles. The highest BCUT2D eigenvalue weighted by molar-refractivity contribution is 5.51. The van der Waals surface area contributed by atoms with Gasteiger partial charge in [-0.05, 0) is 37.0 Å². The van der Waals surface area contributed by atoms with E-state index >= 15 is 0 Å². The lowest BCUT2D eigenvalue weighted by Gasteiger charge is -2.13. The molecule has 0 fully saturated rings. The first-order valence-electron chi connectivity index (χ1n) is 5.90. The fraction of sp³-hybridized carbons (Fsp3) is 0.538. The lowest BCUT2D eigenvalue weighted by atomic mass is 10.1. The van der Waals surface area contributed by atoms with Crippen molar-refractivity contribution in [3.63, 3.8) is 0 Å². The van der Waals surface area contributed by atoms with Crippen LogP contribution in [0.25, 0.3) is 0 Å². The molecule has 2 N–H and O–H groups in total. The van der Waals surface area contributed by atoms with E-state index in [4.69, 9.17) is 10.5 Å². The maximum Gasteiger partial charge on any atom is 0.418 e. The first-order chi connectivity index (χ1) is 8.30. The second kappa shape index (κ2) is 5.98. The summed E-state index contributed by atoms with van der Waals surface area (Å²) in [5.74, 6) is 0.769. The largest absolute Gasteiger partial charge is 0.494 e. The Labute approximate surface area is 105 Å². The summed E-state index contributed by atoms with van der Waals surface area (Å²) in [7, 11) is 0. The number of hydrogen-bond acceptors (Lipinski definition) is 2. The maximum absolute atomic E-state index is 12.6. The van der Waals surface area contributed by atoms with Crippen LogP contribution in [0.15, 0.2) is 18.2 Å². The Morgan fingerprint density at radius 2 is 1.94 bits per heavy atom. The molecule has 0 spiro atoms. The smallest absolute Gasteiger partial charge is 0.418 e. The quantitative estimate of drug-likeness (QED) is 0.639. The number of ether oxygens (including phenoxy) is 1. The molecule has 0 saturated carbocycles. The van der Waals surface area contributed by atoms with E-state index in [0.717, 1.165) is 18.9 Å². The first-order valence-corrected chi connectivity index (χ1v) is 5.90. The molecule has 0 heterocycles. The van der Waals surface area contributed by atoms with Crippen molar-refractivity contribution in [3.05, 3.63) is 23.8 Å². The van der Waals surface area contributed by atoms with Crippen LogP contribution in [-0.2, 0) is 6.18 Å². The minimum atomic E-state index is -4.44. The molecule has 1 rings (SSSR count). The van der Waals surface area contributed by atoms with Gasteiger partial charge in [0.15, 0.2) is 0 Å².